The van der Waals surface area contributed by atoms with E-state index < -0.39 is 0 Å². The molecule has 0 radical (unpaired) electrons. The van der Waals surface area contributed by atoms with Gasteiger partial charge in [-0.3, -0.25) is 14.4 Å². The molecule has 39 heavy (non-hydrogen) atoms. The summed E-state index contributed by atoms with van der Waals surface area (Å²) < 4.78 is 7.71. The minimum atomic E-state index is -0.303. The average molecular weight is 540 g/mol. The molecule has 3 aliphatic heterocycles. The quantitative estimate of drug-likeness (QED) is 0.553. The molecular weight excluding hydrogens is 490 g/mol. The Morgan fingerprint density at radius 2 is 1.72 bits per heavy atom. The summed E-state index contributed by atoms with van der Waals surface area (Å²) in [6, 6.07) is 4.69. The molecule has 1 N–H and O–H groups in total. The number of amides is 1. The van der Waals surface area contributed by atoms with Crippen LogP contribution in [0.2, 0.25) is 0 Å². The minimum Gasteiger partial charge on any atom is -0.384 e. The lowest BCUT2D eigenvalue weighted by Gasteiger charge is -2.36. The van der Waals surface area contributed by atoms with E-state index in [2.05, 4.69) is 48.8 Å². The molecule has 0 unspecified atom stereocenters. The number of aromatic nitrogens is 2. The molecule has 2 aromatic rings. The summed E-state index contributed by atoms with van der Waals surface area (Å²) in [5.41, 5.74) is 3.40. The molecule has 5 rings (SSSR count). The van der Waals surface area contributed by atoms with Crippen LogP contribution in [-0.2, 0) is 16.1 Å². The molecule has 0 aliphatic carbocycles. The number of ether oxygens (including phenoxy) is 1. The van der Waals surface area contributed by atoms with Crippen LogP contribution >= 0.6 is 0 Å². The molecule has 3 saturated heterocycles. The van der Waals surface area contributed by atoms with Gasteiger partial charge in [0.1, 0.15) is 0 Å². The molecule has 3 fully saturated rings. The fraction of sp³-hybridized carbons (Fsp3) is 0.733. The Kier molecular flexibility index (Phi) is 8.99. The van der Waals surface area contributed by atoms with E-state index in [0.29, 0.717) is 5.92 Å². The van der Waals surface area contributed by atoms with Crippen LogP contribution in [0, 0.1) is 11.3 Å². The first-order chi connectivity index (χ1) is 18.8. The van der Waals surface area contributed by atoms with Gasteiger partial charge in [0.25, 0.3) is 0 Å². The molecule has 0 saturated carbocycles. The van der Waals surface area contributed by atoms with E-state index in [0.717, 1.165) is 104 Å². The monoisotopic (exact) mass is 539 g/mol. The van der Waals surface area contributed by atoms with Crippen molar-refractivity contribution in [2.75, 3.05) is 95.9 Å². The van der Waals surface area contributed by atoms with Crippen molar-refractivity contribution in [3.8, 4) is 0 Å². The van der Waals surface area contributed by atoms with Crippen LogP contribution in [0.15, 0.2) is 18.3 Å². The van der Waals surface area contributed by atoms with Gasteiger partial charge in [-0.05, 0) is 44.4 Å². The van der Waals surface area contributed by atoms with Gasteiger partial charge in [-0.1, -0.05) is 20.8 Å². The van der Waals surface area contributed by atoms with Crippen molar-refractivity contribution >= 4 is 28.2 Å². The van der Waals surface area contributed by atoms with E-state index in [1.807, 2.05) is 27.0 Å². The summed E-state index contributed by atoms with van der Waals surface area (Å²) in [7, 11) is 2.21. The summed E-state index contributed by atoms with van der Waals surface area (Å²) in [5, 5.41) is 9.88. The molecular formula is C30H49N7O2. The standard InChI is InChI=1S/C30H49N7O2/c1-30(2,3)29(38)36-10-6-24(7-11-36)22-31-27-20-25(35-14-12-33(4)13-15-35)21-28-26(27)23-32-37(28)9-5-8-34-16-18-39-19-17-34/h20-21,23-24,31H,5-19,22H2,1-4H3. The highest BCUT2D eigenvalue weighted by atomic mass is 16.5. The van der Waals surface area contributed by atoms with Gasteiger partial charge in [-0.25, -0.2) is 0 Å². The number of aryl methyl sites for hydroxylation is 1. The van der Waals surface area contributed by atoms with Gasteiger partial charge in [0, 0.05) is 94.2 Å². The molecule has 9 heteroatoms. The van der Waals surface area contributed by atoms with Crippen LogP contribution in [-0.4, -0.2) is 116 Å². The van der Waals surface area contributed by atoms with Gasteiger partial charge in [0.05, 0.1) is 24.9 Å². The van der Waals surface area contributed by atoms with Crippen LogP contribution in [0.5, 0.6) is 0 Å². The molecule has 0 spiro atoms. The number of likely N-dealkylation sites (N-methyl/N-ethyl adjacent to an activating group) is 1. The number of benzene rings is 1. The normalized spacial score (nSPS) is 20.6. The SMILES string of the molecule is CN1CCN(c2cc(NCC3CCN(C(=O)C(C)(C)C)CC3)c3cnn(CCCN4CCOCC4)c3c2)CC1. The van der Waals surface area contributed by atoms with Crippen LogP contribution < -0.4 is 10.2 Å². The highest BCUT2D eigenvalue weighted by Crippen LogP contribution is 2.32. The fourth-order valence-electron chi connectivity index (χ4n) is 6.07. The molecule has 1 aromatic heterocycles. The van der Waals surface area contributed by atoms with Crippen LogP contribution in [0.1, 0.15) is 40.0 Å². The predicted molar refractivity (Wildman–Crippen MR) is 159 cm³/mol. The lowest BCUT2D eigenvalue weighted by Crippen LogP contribution is -2.45. The number of fused-ring (bicyclic) bond motifs is 1. The number of anilines is 2. The number of nitrogens with one attached hydrogen (secondary N) is 1. The average Bonchev–Trinajstić information content (AvgIpc) is 3.35. The van der Waals surface area contributed by atoms with E-state index in [1.165, 1.54) is 22.3 Å². The molecule has 3 aliphatic rings. The van der Waals surface area contributed by atoms with Gasteiger partial charge in [0.15, 0.2) is 0 Å². The Balaban J connectivity index is 1.27. The Hall–Kier alpha value is -2.36. The number of piperazine rings is 1. The number of nitrogens with zero attached hydrogens (tertiary/aromatic N) is 6. The summed E-state index contributed by atoms with van der Waals surface area (Å²) in [5.74, 6) is 0.844. The summed E-state index contributed by atoms with van der Waals surface area (Å²) in [4.78, 5) is 22.2. The topological polar surface area (TPSA) is 69.1 Å². The second kappa shape index (κ2) is 12.4. The number of likely N-dealkylation sites (tertiary alicyclic amines) is 1. The zero-order valence-electron chi connectivity index (χ0n) is 24.6. The van der Waals surface area contributed by atoms with Crippen LogP contribution in [0.25, 0.3) is 10.9 Å². The third kappa shape index (κ3) is 7.05. The largest absolute Gasteiger partial charge is 0.384 e. The fourth-order valence-corrected chi connectivity index (χ4v) is 6.07. The molecule has 1 amide bonds. The molecule has 1 aromatic carbocycles. The first kappa shape index (κ1) is 28.2. The van der Waals surface area contributed by atoms with Gasteiger partial charge in [-0.2, -0.15) is 5.10 Å². The minimum absolute atomic E-state index is 0.275. The van der Waals surface area contributed by atoms with Crippen molar-refractivity contribution in [1.82, 2.24) is 24.5 Å². The zero-order valence-corrected chi connectivity index (χ0v) is 24.6. The van der Waals surface area contributed by atoms with Crippen molar-refractivity contribution in [2.45, 2.75) is 46.6 Å². The first-order valence-corrected chi connectivity index (χ1v) is 15.0. The van der Waals surface area contributed by atoms with Crippen molar-refractivity contribution in [3.05, 3.63) is 18.3 Å². The Bertz CT molecular complexity index is 1090. The number of hydrogen-bond donors (Lipinski definition) is 1. The zero-order chi connectivity index (χ0) is 27.4. The number of piperidine rings is 1. The molecule has 4 heterocycles. The van der Waals surface area contributed by atoms with Crippen molar-refractivity contribution in [1.29, 1.82) is 0 Å². The maximum absolute atomic E-state index is 12.7. The number of rotatable bonds is 8. The molecule has 216 valence electrons. The van der Waals surface area contributed by atoms with E-state index in [4.69, 9.17) is 9.84 Å². The van der Waals surface area contributed by atoms with E-state index in [1.54, 1.807) is 0 Å². The number of hydrogen-bond acceptors (Lipinski definition) is 7. The Morgan fingerprint density at radius 1 is 1.00 bits per heavy atom. The van der Waals surface area contributed by atoms with Gasteiger partial charge in [0.2, 0.25) is 5.91 Å². The van der Waals surface area contributed by atoms with Crippen LogP contribution in [0.4, 0.5) is 11.4 Å². The highest BCUT2D eigenvalue weighted by Gasteiger charge is 2.30. The van der Waals surface area contributed by atoms with Gasteiger partial charge in [-0.15, -0.1) is 0 Å². The van der Waals surface area contributed by atoms with Crippen molar-refractivity contribution < 1.29 is 9.53 Å². The molecule has 9 nitrogen and oxygen atoms in total. The lowest BCUT2D eigenvalue weighted by atomic mass is 9.91. The van der Waals surface area contributed by atoms with Gasteiger partial charge >= 0.3 is 0 Å². The van der Waals surface area contributed by atoms with E-state index in [-0.39, 0.29) is 11.3 Å². The molecule has 0 atom stereocenters. The maximum atomic E-state index is 12.7. The van der Waals surface area contributed by atoms with Gasteiger partial charge < -0.3 is 24.8 Å². The number of carbonyl (C=O) groups is 1. The van der Waals surface area contributed by atoms with E-state index >= 15 is 0 Å². The lowest BCUT2D eigenvalue weighted by molar-refractivity contribution is -0.140. The van der Waals surface area contributed by atoms with Crippen molar-refractivity contribution in [2.24, 2.45) is 11.3 Å². The predicted octanol–water partition coefficient (Wildman–Crippen LogP) is 3.21. The smallest absolute Gasteiger partial charge is 0.227 e. The third-order valence-corrected chi connectivity index (χ3v) is 8.69. The number of morpholine rings is 1. The molecule has 0 bridgehead atoms. The Labute approximate surface area is 234 Å². The van der Waals surface area contributed by atoms with Crippen LogP contribution in [0.3, 0.4) is 0 Å². The van der Waals surface area contributed by atoms with Crippen molar-refractivity contribution in [3.63, 3.8) is 0 Å². The third-order valence-electron chi connectivity index (χ3n) is 8.69. The highest BCUT2D eigenvalue weighted by molar-refractivity contribution is 5.95. The maximum Gasteiger partial charge on any atom is 0.227 e. The second-order valence-corrected chi connectivity index (χ2v) is 12.8. The first-order valence-electron chi connectivity index (χ1n) is 15.0. The summed E-state index contributed by atoms with van der Waals surface area (Å²) in [6.07, 6.45) is 5.24. The summed E-state index contributed by atoms with van der Waals surface area (Å²) in [6.45, 7) is 18.8. The van der Waals surface area contributed by atoms with E-state index in [9.17, 15) is 4.79 Å². The number of carbonyl (C=O) groups excluding carboxylic acids is 1. The second-order valence-electron chi connectivity index (χ2n) is 12.8. The Morgan fingerprint density at radius 3 is 2.41 bits per heavy atom. The summed E-state index contributed by atoms with van der Waals surface area (Å²) >= 11 is 0.